The summed E-state index contributed by atoms with van der Waals surface area (Å²) in [7, 11) is -2.33. The van der Waals surface area contributed by atoms with E-state index in [4.69, 9.17) is 23.9 Å². The lowest BCUT2D eigenvalue weighted by molar-refractivity contribution is -0.188. The van der Waals surface area contributed by atoms with Crippen molar-refractivity contribution < 1.29 is 38.1 Å². The maximum atomic E-state index is 14.2. The minimum Gasteiger partial charge on any atom is -0.457 e. The first-order valence-electron chi connectivity index (χ1n) is 16.2. The van der Waals surface area contributed by atoms with Crippen LogP contribution in [0.5, 0.6) is 5.75 Å². The van der Waals surface area contributed by atoms with Crippen LogP contribution in [0.3, 0.4) is 0 Å². The van der Waals surface area contributed by atoms with Gasteiger partial charge in [0.2, 0.25) is 5.60 Å². The maximum absolute atomic E-state index is 14.2. The summed E-state index contributed by atoms with van der Waals surface area (Å²) in [5.41, 5.74) is -0.256. The summed E-state index contributed by atoms with van der Waals surface area (Å²) in [6.07, 6.45) is 0.237. The van der Waals surface area contributed by atoms with Gasteiger partial charge in [0.1, 0.15) is 24.5 Å². The van der Waals surface area contributed by atoms with Crippen LogP contribution in [0.2, 0.25) is 19.1 Å². The molecule has 0 aliphatic carbocycles. The van der Waals surface area contributed by atoms with E-state index in [9.17, 15) is 29.2 Å². The fraction of sp³-hybridized carbons (Fsp3) is 0.457. The zero-order chi connectivity index (χ0) is 35.9. The van der Waals surface area contributed by atoms with E-state index in [1.807, 2.05) is 0 Å². The first kappa shape index (κ1) is 35.3. The first-order valence-corrected chi connectivity index (χ1v) is 19.4. The maximum Gasteiger partial charge on any atom is 0.408 e. The Bertz CT molecular complexity index is 1990. The minimum absolute atomic E-state index is 0.0408. The van der Waals surface area contributed by atoms with E-state index in [1.54, 1.807) is 56.5 Å². The summed E-state index contributed by atoms with van der Waals surface area (Å²) in [4.78, 5) is 69.7. The van der Waals surface area contributed by atoms with E-state index >= 15 is 0 Å². The molecule has 1 aromatic carbocycles. The van der Waals surface area contributed by atoms with Gasteiger partial charge < -0.3 is 28.8 Å². The molecule has 49 heavy (non-hydrogen) atoms. The summed E-state index contributed by atoms with van der Waals surface area (Å²) in [5.74, 6) is -1.83. The van der Waals surface area contributed by atoms with Gasteiger partial charge in [-0.2, -0.15) is 5.26 Å². The molecule has 0 bridgehead atoms. The van der Waals surface area contributed by atoms with E-state index in [0.29, 0.717) is 35.5 Å². The van der Waals surface area contributed by atoms with Gasteiger partial charge in [-0.25, -0.2) is 14.6 Å². The predicted octanol–water partition coefficient (Wildman–Crippen LogP) is 4.30. The van der Waals surface area contributed by atoms with Crippen LogP contribution in [0.4, 0.5) is 4.79 Å². The smallest absolute Gasteiger partial charge is 0.408 e. The number of cyclic esters (lactones) is 1. The number of alkyl carbamates (subject to hydrolysis) is 1. The standard InChI is InChI=1S/C35H40N4O9Si/c1-8-35(47-28(41)17-37-33(44)48-34(3,4)5)25-16-27-29-23(18-39(27)31(42)24(25)19-45-32(35)43)30(49(6,7)14-10-9-13-36)22-15-21(46-20(2)40)11-12-26(22)38-29/h11-12,15-16H,8-10,14,17-19H2,1-7H3,(H,37,44). The number of aromatic nitrogens is 2. The van der Waals surface area contributed by atoms with Crippen molar-refractivity contribution in [2.45, 2.75) is 97.4 Å². The van der Waals surface area contributed by atoms with E-state index in [2.05, 4.69) is 24.5 Å². The second kappa shape index (κ2) is 13.1. The average Bonchev–Trinajstić information content (AvgIpc) is 3.37. The second-order valence-electron chi connectivity index (χ2n) is 13.9. The Labute approximate surface area is 284 Å². The van der Waals surface area contributed by atoms with Crippen LogP contribution >= 0.6 is 0 Å². The molecule has 0 spiro atoms. The van der Waals surface area contributed by atoms with Gasteiger partial charge in [0.25, 0.3) is 5.56 Å². The highest BCUT2D eigenvalue weighted by Crippen LogP contribution is 2.41. The monoisotopic (exact) mass is 688 g/mol. The SMILES string of the molecule is CCC1(OC(=O)CNC(=O)OC(C)(C)C)C(=O)OCc2c1cc1n(c2=O)Cc2c-1nc1ccc(OC(C)=O)cc1c2[Si](C)(C)CCCC#N. The van der Waals surface area contributed by atoms with Crippen molar-refractivity contribution in [3.63, 3.8) is 0 Å². The van der Waals surface area contributed by atoms with Crippen molar-refractivity contribution in [1.29, 1.82) is 5.26 Å². The third-order valence-electron chi connectivity index (χ3n) is 8.72. The molecule has 0 saturated carbocycles. The third kappa shape index (κ3) is 6.80. The van der Waals surface area contributed by atoms with Gasteiger partial charge in [-0.1, -0.05) is 26.1 Å². The summed E-state index contributed by atoms with van der Waals surface area (Å²) in [6.45, 7) is 11.7. The van der Waals surface area contributed by atoms with Crippen molar-refractivity contribution in [2.75, 3.05) is 6.54 Å². The summed E-state index contributed by atoms with van der Waals surface area (Å²) < 4.78 is 23.4. The molecule has 0 fully saturated rings. The molecular formula is C35H40N4O9Si. The number of amides is 1. The largest absolute Gasteiger partial charge is 0.457 e. The van der Waals surface area contributed by atoms with Crippen LogP contribution in [0.1, 0.15) is 70.6 Å². The number of nitrogens with zero attached hydrogens (tertiary/aromatic N) is 3. The third-order valence-corrected chi connectivity index (χ3v) is 12.2. The fourth-order valence-corrected chi connectivity index (χ4v) is 9.90. The summed E-state index contributed by atoms with van der Waals surface area (Å²) >= 11 is 0. The van der Waals surface area contributed by atoms with Crippen molar-refractivity contribution in [2.24, 2.45) is 0 Å². The van der Waals surface area contributed by atoms with Crippen LogP contribution in [0.15, 0.2) is 29.1 Å². The van der Waals surface area contributed by atoms with Crippen LogP contribution in [0, 0.1) is 11.3 Å². The zero-order valence-electron chi connectivity index (χ0n) is 28.8. The van der Waals surface area contributed by atoms with E-state index in [-0.39, 0.29) is 30.7 Å². The van der Waals surface area contributed by atoms with Gasteiger partial charge in [0.15, 0.2) is 0 Å². The lowest BCUT2D eigenvalue weighted by Gasteiger charge is -2.35. The Balaban J connectivity index is 1.64. The molecule has 2 aliphatic rings. The average molecular weight is 689 g/mol. The normalized spacial score (nSPS) is 16.5. The molecular weight excluding hydrogens is 648 g/mol. The van der Waals surface area contributed by atoms with Crippen LogP contribution in [-0.4, -0.2) is 53.8 Å². The molecule has 1 unspecified atom stereocenters. The van der Waals surface area contributed by atoms with Crippen LogP contribution in [0.25, 0.3) is 22.3 Å². The number of fused-ring (bicyclic) bond motifs is 5. The van der Waals surface area contributed by atoms with Gasteiger partial charge in [0, 0.05) is 24.3 Å². The molecule has 258 valence electrons. The minimum atomic E-state index is -2.33. The number of carbonyl (C=O) groups excluding carboxylic acids is 4. The quantitative estimate of drug-likeness (QED) is 0.0872. The number of carbonyl (C=O) groups is 4. The molecule has 2 aliphatic heterocycles. The highest BCUT2D eigenvalue weighted by atomic mass is 28.3. The topological polar surface area (TPSA) is 176 Å². The fourth-order valence-electron chi connectivity index (χ4n) is 6.64. The molecule has 2 aromatic heterocycles. The lowest BCUT2D eigenvalue weighted by Crippen LogP contribution is -2.49. The molecule has 13 nitrogen and oxygen atoms in total. The number of nitrogens with one attached hydrogen (secondary N) is 1. The van der Waals surface area contributed by atoms with Crippen molar-refractivity contribution in [3.8, 4) is 23.2 Å². The number of esters is 3. The van der Waals surface area contributed by atoms with E-state index < -0.39 is 55.4 Å². The molecule has 1 atom stereocenters. The van der Waals surface area contributed by atoms with Crippen LogP contribution in [-0.2, 0) is 47.3 Å². The molecule has 4 heterocycles. The Morgan fingerprint density at radius 2 is 1.90 bits per heavy atom. The molecule has 5 rings (SSSR count). The van der Waals surface area contributed by atoms with Gasteiger partial charge in [0.05, 0.1) is 43.2 Å². The van der Waals surface area contributed by atoms with Crippen LogP contribution < -0.4 is 20.8 Å². The Morgan fingerprint density at radius 3 is 2.55 bits per heavy atom. The van der Waals surface area contributed by atoms with Gasteiger partial charge >= 0.3 is 24.0 Å². The number of rotatable bonds is 9. The zero-order valence-corrected chi connectivity index (χ0v) is 29.8. The highest BCUT2D eigenvalue weighted by Gasteiger charge is 2.50. The first-order chi connectivity index (χ1) is 23.0. The second-order valence-corrected chi connectivity index (χ2v) is 18.6. The van der Waals surface area contributed by atoms with Gasteiger partial charge in [-0.15, -0.1) is 0 Å². The highest BCUT2D eigenvalue weighted by molar-refractivity contribution is 6.91. The molecule has 14 heteroatoms. The number of hydrogen-bond donors (Lipinski definition) is 1. The summed E-state index contributed by atoms with van der Waals surface area (Å²) in [5, 5.41) is 13.4. The molecule has 1 N–H and O–H groups in total. The molecule has 3 aromatic rings. The number of unbranched alkanes of at least 4 members (excludes halogenated alkanes) is 1. The Kier molecular flexibility index (Phi) is 9.44. The lowest BCUT2D eigenvalue weighted by atomic mass is 9.85. The van der Waals surface area contributed by atoms with Gasteiger partial charge in [-0.3, -0.25) is 14.4 Å². The molecule has 1 amide bonds. The Hall–Kier alpha value is -5.03. The van der Waals surface area contributed by atoms with Crippen molar-refractivity contribution >= 4 is 48.2 Å². The molecule has 0 radical (unpaired) electrons. The Morgan fingerprint density at radius 1 is 1.16 bits per heavy atom. The molecule has 0 saturated heterocycles. The van der Waals surface area contributed by atoms with Gasteiger partial charge in [-0.05, 0) is 68.6 Å². The summed E-state index contributed by atoms with van der Waals surface area (Å²) in [6, 6.07) is 9.92. The van der Waals surface area contributed by atoms with Crippen molar-refractivity contribution in [3.05, 3.63) is 51.3 Å². The van der Waals surface area contributed by atoms with E-state index in [0.717, 1.165) is 22.2 Å². The number of nitriles is 1. The number of ether oxygens (including phenoxy) is 4. The van der Waals surface area contributed by atoms with Crippen molar-refractivity contribution in [1.82, 2.24) is 14.9 Å². The number of benzene rings is 1. The number of hydrogen-bond acceptors (Lipinski definition) is 11. The predicted molar refractivity (Wildman–Crippen MR) is 181 cm³/mol. The number of pyridine rings is 2. The van der Waals surface area contributed by atoms with E-state index in [1.165, 1.54) is 6.92 Å².